The van der Waals surface area contributed by atoms with Crippen molar-refractivity contribution < 1.29 is 21.9 Å². The highest BCUT2D eigenvalue weighted by Crippen LogP contribution is 2.22. The van der Waals surface area contributed by atoms with Gasteiger partial charge in [-0.05, 0) is 56.3 Å². The molecule has 0 aromatic heterocycles. The maximum atomic E-state index is 13.6. The second-order valence-electron chi connectivity index (χ2n) is 4.87. The SMILES string of the molecule is CC(C)Oc1ccc(NS(=O)(=O)c2cc(F)ccc2F)cc1. The summed E-state index contributed by atoms with van der Waals surface area (Å²) in [6, 6.07) is 8.38. The molecule has 22 heavy (non-hydrogen) atoms. The predicted molar refractivity (Wildman–Crippen MR) is 79.4 cm³/mol. The van der Waals surface area contributed by atoms with Crippen LogP contribution in [0, 0.1) is 11.6 Å². The third-order valence-corrected chi connectivity index (χ3v) is 4.06. The number of benzene rings is 2. The van der Waals surface area contributed by atoms with Crippen LogP contribution >= 0.6 is 0 Å². The molecule has 0 saturated carbocycles. The molecule has 0 heterocycles. The molecule has 2 aromatic carbocycles. The molecule has 0 amide bonds. The molecule has 2 rings (SSSR count). The minimum Gasteiger partial charge on any atom is -0.491 e. The fourth-order valence-corrected chi connectivity index (χ4v) is 2.92. The van der Waals surface area contributed by atoms with Crippen LogP contribution in [0.2, 0.25) is 0 Å². The van der Waals surface area contributed by atoms with Crippen LogP contribution in [0.15, 0.2) is 47.4 Å². The molecule has 0 fully saturated rings. The van der Waals surface area contributed by atoms with Gasteiger partial charge in [0.25, 0.3) is 10.0 Å². The summed E-state index contributed by atoms with van der Waals surface area (Å²) >= 11 is 0. The number of halogens is 2. The van der Waals surface area contributed by atoms with Crippen LogP contribution in [0.4, 0.5) is 14.5 Å². The molecule has 1 N–H and O–H groups in total. The predicted octanol–water partition coefficient (Wildman–Crippen LogP) is 3.55. The lowest BCUT2D eigenvalue weighted by Gasteiger charge is -2.12. The highest BCUT2D eigenvalue weighted by molar-refractivity contribution is 7.92. The smallest absolute Gasteiger partial charge is 0.264 e. The van der Waals surface area contributed by atoms with Crippen molar-refractivity contribution >= 4 is 15.7 Å². The average molecular weight is 327 g/mol. The van der Waals surface area contributed by atoms with Crippen LogP contribution in [-0.4, -0.2) is 14.5 Å². The third kappa shape index (κ3) is 3.94. The Morgan fingerprint density at radius 2 is 1.68 bits per heavy atom. The minimum atomic E-state index is -4.21. The largest absolute Gasteiger partial charge is 0.491 e. The number of anilines is 1. The quantitative estimate of drug-likeness (QED) is 0.913. The lowest BCUT2D eigenvalue weighted by Crippen LogP contribution is -2.15. The van der Waals surface area contributed by atoms with Crippen molar-refractivity contribution in [2.45, 2.75) is 24.8 Å². The van der Waals surface area contributed by atoms with Crippen molar-refractivity contribution in [2.24, 2.45) is 0 Å². The lowest BCUT2D eigenvalue weighted by molar-refractivity contribution is 0.242. The topological polar surface area (TPSA) is 55.4 Å². The highest BCUT2D eigenvalue weighted by atomic mass is 32.2. The number of rotatable bonds is 5. The summed E-state index contributed by atoms with van der Waals surface area (Å²) < 4.78 is 58.5. The molecule has 0 aliphatic heterocycles. The van der Waals surface area contributed by atoms with E-state index in [1.54, 1.807) is 12.1 Å². The van der Waals surface area contributed by atoms with Gasteiger partial charge < -0.3 is 4.74 Å². The van der Waals surface area contributed by atoms with Crippen molar-refractivity contribution in [3.63, 3.8) is 0 Å². The van der Waals surface area contributed by atoms with Crippen molar-refractivity contribution in [3.05, 3.63) is 54.1 Å². The average Bonchev–Trinajstić information content (AvgIpc) is 2.43. The first-order valence-electron chi connectivity index (χ1n) is 6.52. The molecule has 0 unspecified atom stereocenters. The molecule has 0 aliphatic carbocycles. The first-order valence-corrected chi connectivity index (χ1v) is 8.01. The van der Waals surface area contributed by atoms with E-state index in [-0.39, 0.29) is 11.8 Å². The first-order chi connectivity index (χ1) is 10.3. The second kappa shape index (κ2) is 6.31. The van der Waals surface area contributed by atoms with Crippen molar-refractivity contribution in [1.82, 2.24) is 0 Å². The standard InChI is InChI=1S/C15H15F2NO3S/c1-10(2)21-13-6-4-12(5-7-13)18-22(19,20)15-9-11(16)3-8-14(15)17/h3-10,18H,1-2H3. The van der Waals surface area contributed by atoms with Gasteiger partial charge in [0, 0.05) is 5.69 Å². The number of nitrogens with one attached hydrogen (secondary N) is 1. The molecule has 7 heteroatoms. The molecular weight excluding hydrogens is 312 g/mol. The summed E-state index contributed by atoms with van der Waals surface area (Å²) in [7, 11) is -4.21. The van der Waals surface area contributed by atoms with Crippen LogP contribution < -0.4 is 9.46 Å². The van der Waals surface area contributed by atoms with Crippen LogP contribution in [0.1, 0.15) is 13.8 Å². The van der Waals surface area contributed by atoms with Gasteiger partial charge in [-0.15, -0.1) is 0 Å². The fourth-order valence-electron chi connectivity index (χ4n) is 1.77. The van der Waals surface area contributed by atoms with Crippen LogP contribution in [-0.2, 0) is 10.0 Å². The van der Waals surface area contributed by atoms with Gasteiger partial charge in [-0.25, -0.2) is 17.2 Å². The zero-order valence-electron chi connectivity index (χ0n) is 12.0. The van der Waals surface area contributed by atoms with E-state index in [0.29, 0.717) is 11.8 Å². The number of hydrogen-bond acceptors (Lipinski definition) is 3. The lowest BCUT2D eigenvalue weighted by atomic mass is 10.3. The van der Waals surface area contributed by atoms with E-state index in [4.69, 9.17) is 4.74 Å². The van der Waals surface area contributed by atoms with Crippen molar-refractivity contribution in [3.8, 4) is 5.75 Å². The molecular formula is C15H15F2NO3S. The third-order valence-electron chi connectivity index (χ3n) is 2.66. The summed E-state index contributed by atoms with van der Waals surface area (Å²) in [4.78, 5) is -0.741. The Hall–Kier alpha value is -2.15. The Bertz CT molecular complexity index is 759. The van der Waals surface area contributed by atoms with Crippen LogP contribution in [0.25, 0.3) is 0 Å². The summed E-state index contributed by atoms with van der Waals surface area (Å²) in [5, 5.41) is 0. The highest BCUT2D eigenvalue weighted by Gasteiger charge is 2.20. The first kappa shape index (κ1) is 16.2. The van der Waals surface area contributed by atoms with Gasteiger partial charge in [-0.3, -0.25) is 4.72 Å². The van der Waals surface area contributed by atoms with Gasteiger partial charge in [0.05, 0.1) is 6.10 Å². The van der Waals surface area contributed by atoms with E-state index < -0.39 is 26.6 Å². The van der Waals surface area contributed by atoms with E-state index in [1.807, 2.05) is 13.8 Å². The summed E-state index contributed by atoms with van der Waals surface area (Å²) in [6.07, 6.45) is -0.0102. The van der Waals surface area contributed by atoms with E-state index in [0.717, 1.165) is 12.1 Å². The zero-order chi connectivity index (χ0) is 16.3. The molecule has 0 bridgehead atoms. The summed E-state index contributed by atoms with van der Waals surface area (Å²) in [5.74, 6) is -1.27. The monoisotopic (exact) mass is 327 g/mol. The normalized spacial score (nSPS) is 11.5. The van der Waals surface area contributed by atoms with Gasteiger partial charge in [-0.1, -0.05) is 0 Å². The fraction of sp³-hybridized carbons (Fsp3) is 0.200. The van der Waals surface area contributed by atoms with E-state index in [9.17, 15) is 17.2 Å². The minimum absolute atomic E-state index is 0.0102. The molecule has 0 saturated heterocycles. The molecule has 118 valence electrons. The molecule has 0 aliphatic rings. The van der Waals surface area contributed by atoms with Crippen LogP contribution in [0.5, 0.6) is 5.75 Å². The second-order valence-corrected chi connectivity index (χ2v) is 6.52. The van der Waals surface area contributed by atoms with E-state index >= 15 is 0 Å². The Morgan fingerprint density at radius 1 is 1.05 bits per heavy atom. The Morgan fingerprint density at radius 3 is 2.27 bits per heavy atom. The Balaban J connectivity index is 2.23. The van der Waals surface area contributed by atoms with Gasteiger partial charge in [0.15, 0.2) is 0 Å². The van der Waals surface area contributed by atoms with Crippen molar-refractivity contribution in [2.75, 3.05) is 4.72 Å². The van der Waals surface area contributed by atoms with Gasteiger partial charge in [0.1, 0.15) is 22.3 Å². The summed E-state index contributed by atoms with van der Waals surface area (Å²) in [5.41, 5.74) is 0.222. The maximum absolute atomic E-state index is 13.6. The molecule has 2 aromatic rings. The number of sulfonamides is 1. The molecule has 0 spiro atoms. The maximum Gasteiger partial charge on any atom is 0.264 e. The van der Waals surface area contributed by atoms with Gasteiger partial charge in [0.2, 0.25) is 0 Å². The van der Waals surface area contributed by atoms with E-state index in [2.05, 4.69) is 4.72 Å². The Labute approximate surface area is 127 Å². The van der Waals surface area contributed by atoms with Gasteiger partial charge >= 0.3 is 0 Å². The Kier molecular flexibility index (Phi) is 4.65. The van der Waals surface area contributed by atoms with Crippen molar-refractivity contribution in [1.29, 1.82) is 0 Å². The van der Waals surface area contributed by atoms with Crippen LogP contribution in [0.3, 0.4) is 0 Å². The number of hydrogen-bond donors (Lipinski definition) is 1. The van der Waals surface area contributed by atoms with E-state index in [1.165, 1.54) is 12.1 Å². The molecule has 4 nitrogen and oxygen atoms in total. The molecule has 0 atom stereocenters. The molecule has 0 radical (unpaired) electrons. The van der Waals surface area contributed by atoms with Gasteiger partial charge in [-0.2, -0.15) is 0 Å². The number of ether oxygens (including phenoxy) is 1. The zero-order valence-corrected chi connectivity index (χ0v) is 12.8. The summed E-state index contributed by atoms with van der Waals surface area (Å²) in [6.45, 7) is 3.73.